The summed E-state index contributed by atoms with van der Waals surface area (Å²) < 4.78 is 1.68. The number of aliphatic hydroxyl groups excluding tert-OH is 1. The van der Waals surface area contributed by atoms with Crippen molar-refractivity contribution >= 4 is 12.0 Å². The first-order valence-corrected chi connectivity index (χ1v) is 6.41. The lowest BCUT2D eigenvalue weighted by Crippen LogP contribution is -2.46. The van der Waals surface area contributed by atoms with Crippen molar-refractivity contribution in [2.45, 2.75) is 25.0 Å². The van der Waals surface area contributed by atoms with Crippen LogP contribution in [0.2, 0.25) is 0 Å². The van der Waals surface area contributed by atoms with E-state index in [9.17, 15) is 14.7 Å². The molecule has 2 rings (SSSR count). The molecule has 0 aliphatic carbocycles. The van der Waals surface area contributed by atoms with Crippen LogP contribution in [0.5, 0.6) is 0 Å². The topological polar surface area (TPSA) is 108 Å². The molecule has 2 unspecified atom stereocenters. The van der Waals surface area contributed by atoms with Gasteiger partial charge in [-0.3, -0.25) is 4.68 Å². The molecule has 1 aliphatic rings. The Balaban J connectivity index is 1.83. The lowest BCUT2D eigenvalue weighted by molar-refractivity contribution is -0.141. The molecule has 1 fully saturated rings. The second-order valence-corrected chi connectivity index (χ2v) is 4.86. The number of aromatic nitrogens is 2. The molecular weight excluding hydrogens is 264 g/mol. The van der Waals surface area contributed by atoms with E-state index in [1.54, 1.807) is 4.68 Å². The standard InChI is InChI=1S/C12H18N4O4/c1-15-5-3-8(14-15)2-4-13-12(20)16-7-9(17)6-10(16)11(18)19/h3,5,9-10,17H,2,4,6-7H2,1H3,(H,13,20)(H,18,19). The molecule has 0 radical (unpaired) electrons. The highest BCUT2D eigenvalue weighted by atomic mass is 16.4. The molecule has 2 atom stereocenters. The molecule has 1 aromatic heterocycles. The fourth-order valence-electron chi connectivity index (χ4n) is 2.27. The minimum atomic E-state index is -1.10. The summed E-state index contributed by atoms with van der Waals surface area (Å²) in [6, 6.07) is 0.427. The Morgan fingerprint density at radius 3 is 2.90 bits per heavy atom. The van der Waals surface area contributed by atoms with Crippen molar-refractivity contribution in [2.24, 2.45) is 7.05 Å². The molecule has 110 valence electrons. The van der Waals surface area contributed by atoms with Crippen LogP contribution in [0, 0.1) is 0 Å². The minimum Gasteiger partial charge on any atom is -0.480 e. The Hall–Kier alpha value is -2.09. The molecule has 8 nitrogen and oxygen atoms in total. The number of hydrogen-bond acceptors (Lipinski definition) is 4. The zero-order valence-corrected chi connectivity index (χ0v) is 11.2. The van der Waals surface area contributed by atoms with E-state index in [-0.39, 0.29) is 13.0 Å². The van der Waals surface area contributed by atoms with Crippen LogP contribution in [0.15, 0.2) is 12.3 Å². The van der Waals surface area contributed by atoms with Gasteiger partial charge in [0.15, 0.2) is 0 Å². The number of β-amino-alcohol motifs (C(OH)–C–C–N with tert-alkyl or cyclic N) is 1. The predicted molar refractivity (Wildman–Crippen MR) is 69.1 cm³/mol. The number of carbonyl (C=O) groups excluding carboxylic acids is 1. The normalized spacial score (nSPS) is 22.0. The second-order valence-electron chi connectivity index (χ2n) is 4.86. The molecule has 20 heavy (non-hydrogen) atoms. The molecule has 1 aromatic rings. The zero-order valence-electron chi connectivity index (χ0n) is 11.2. The van der Waals surface area contributed by atoms with E-state index in [0.29, 0.717) is 13.0 Å². The van der Waals surface area contributed by atoms with Crippen LogP contribution in [0.1, 0.15) is 12.1 Å². The van der Waals surface area contributed by atoms with Crippen molar-refractivity contribution in [3.8, 4) is 0 Å². The second kappa shape index (κ2) is 5.91. The van der Waals surface area contributed by atoms with Gasteiger partial charge in [-0.05, 0) is 6.07 Å². The van der Waals surface area contributed by atoms with Gasteiger partial charge in [-0.15, -0.1) is 0 Å². The number of carbonyl (C=O) groups is 2. The van der Waals surface area contributed by atoms with Crippen molar-refractivity contribution in [2.75, 3.05) is 13.1 Å². The monoisotopic (exact) mass is 282 g/mol. The highest BCUT2D eigenvalue weighted by Gasteiger charge is 2.38. The van der Waals surface area contributed by atoms with Crippen LogP contribution >= 0.6 is 0 Å². The molecule has 2 heterocycles. The number of aryl methyl sites for hydroxylation is 1. The number of hydrogen-bond donors (Lipinski definition) is 3. The third-order valence-electron chi connectivity index (χ3n) is 3.25. The third-order valence-corrected chi connectivity index (χ3v) is 3.25. The van der Waals surface area contributed by atoms with Gasteiger partial charge in [-0.25, -0.2) is 9.59 Å². The highest BCUT2D eigenvalue weighted by Crippen LogP contribution is 2.17. The maximum atomic E-state index is 11.9. The number of carboxylic acid groups (broad SMARTS) is 1. The lowest BCUT2D eigenvalue weighted by atomic mass is 10.2. The number of likely N-dealkylation sites (tertiary alicyclic amines) is 1. The quantitative estimate of drug-likeness (QED) is 0.669. The molecular formula is C12H18N4O4. The molecule has 2 amide bonds. The van der Waals surface area contributed by atoms with E-state index in [4.69, 9.17) is 5.11 Å². The number of rotatable bonds is 4. The first-order chi connectivity index (χ1) is 9.47. The van der Waals surface area contributed by atoms with Crippen LogP contribution in [0.4, 0.5) is 4.79 Å². The smallest absolute Gasteiger partial charge is 0.326 e. The summed E-state index contributed by atoms with van der Waals surface area (Å²) in [5.41, 5.74) is 0.851. The molecule has 0 spiro atoms. The molecule has 1 saturated heterocycles. The van der Waals surface area contributed by atoms with Gasteiger partial charge in [-0.1, -0.05) is 0 Å². The molecule has 8 heteroatoms. The van der Waals surface area contributed by atoms with Crippen LogP contribution in [-0.2, 0) is 18.3 Å². The Kier molecular flexibility index (Phi) is 4.23. The summed E-state index contributed by atoms with van der Waals surface area (Å²) in [5, 5.41) is 25.3. The Labute approximate surface area is 116 Å². The van der Waals surface area contributed by atoms with Crippen molar-refractivity contribution in [1.29, 1.82) is 0 Å². The minimum absolute atomic E-state index is 0.0480. The first-order valence-electron chi connectivity index (χ1n) is 6.41. The average molecular weight is 282 g/mol. The number of aliphatic carboxylic acids is 1. The van der Waals surface area contributed by atoms with Crippen LogP contribution in [0.3, 0.4) is 0 Å². The van der Waals surface area contributed by atoms with Crippen molar-refractivity contribution in [3.05, 3.63) is 18.0 Å². The Morgan fingerprint density at radius 1 is 1.55 bits per heavy atom. The maximum absolute atomic E-state index is 11.9. The van der Waals surface area contributed by atoms with E-state index in [1.165, 1.54) is 0 Å². The van der Waals surface area contributed by atoms with Gasteiger partial charge in [-0.2, -0.15) is 5.10 Å². The highest BCUT2D eigenvalue weighted by molar-refractivity contribution is 5.83. The van der Waals surface area contributed by atoms with Gasteiger partial charge < -0.3 is 20.4 Å². The van der Waals surface area contributed by atoms with E-state index in [1.807, 2.05) is 19.3 Å². The summed E-state index contributed by atoms with van der Waals surface area (Å²) in [6.45, 7) is 0.418. The Bertz CT molecular complexity index is 501. The van der Waals surface area contributed by atoms with Gasteiger partial charge >= 0.3 is 12.0 Å². The van der Waals surface area contributed by atoms with Crippen molar-refractivity contribution in [3.63, 3.8) is 0 Å². The van der Waals surface area contributed by atoms with E-state index < -0.39 is 24.1 Å². The number of urea groups is 1. The first kappa shape index (κ1) is 14.3. The molecule has 1 aliphatic heterocycles. The van der Waals surface area contributed by atoms with Gasteiger partial charge in [0, 0.05) is 39.2 Å². The molecule has 0 saturated carbocycles. The summed E-state index contributed by atoms with van der Waals surface area (Å²) in [6.07, 6.45) is 1.68. The van der Waals surface area contributed by atoms with E-state index in [2.05, 4.69) is 10.4 Å². The van der Waals surface area contributed by atoms with Crippen LogP contribution in [-0.4, -0.2) is 62.1 Å². The summed E-state index contributed by atoms with van der Waals surface area (Å²) in [5.74, 6) is -1.10. The van der Waals surface area contributed by atoms with Gasteiger partial charge in [0.1, 0.15) is 6.04 Å². The lowest BCUT2D eigenvalue weighted by Gasteiger charge is -2.21. The maximum Gasteiger partial charge on any atom is 0.326 e. The number of carboxylic acids is 1. The van der Waals surface area contributed by atoms with E-state index >= 15 is 0 Å². The van der Waals surface area contributed by atoms with Crippen LogP contribution < -0.4 is 5.32 Å². The van der Waals surface area contributed by atoms with Crippen molar-refractivity contribution in [1.82, 2.24) is 20.0 Å². The average Bonchev–Trinajstić information content (AvgIpc) is 2.95. The summed E-state index contributed by atoms with van der Waals surface area (Å²) >= 11 is 0. The number of nitrogens with one attached hydrogen (secondary N) is 1. The number of nitrogens with zero attached hydrogens (tertiary/aromatic N) is 3. The SMILES string of the molecule is Cn1ccc(CCNC(=O)N2CC(O)CC2C(=O)O)n1. The third kappa shape index (κ3) is 3.27. The zero-order chi connectivity index (χ0) is 14.7. The molecule has 0 bridgehead atoms. The molecule has 3 N–H and O–H groups in total. The van der Waals surface area contributed by atoms with Gasteiger partial charge in [0.05, 0.1) is 11.8 Å². The molecule has 0 aromatic carbocycles. The number of aliphatic hydroxyl groups is 1. The fraction of sp³-hybridized carbons (Fsp3) is 0.583. The Morgan fingerprint density at radius 2 is 2.30 bits per heavy atom. The van der Waals surface area contributed by atoms with Gasteiger partial charge in [0.2, 0.25) is 0 Å². The predicted octanol–water partition coefficient (Wildman–Crippen LogP) is -0.808. The fourth-order valence-corrected chi connectivity index (χ4v) is 2.27. The summed E-state index contributed by atoms with van der Waals surface area (Å²) in [4.78, 5) is 24.1. The van der Waals surface area contributed by atoms with Crippen LogP contribution in [0.25, 0.3) is 0 Å². The van der Waals surface area contributed by atoms with E-state index in [0.717, 1.165) is 10.6 Å². The van der Waals surface area contributed by atoms with Gasteiger partial charge in [0.25, 0.3) is 0 Å². The largest absolute Gasteiger partial charge is 0.480 e. The summed E-state index contributed by atoms with van der Waals surface area (Å²) in [7, 11) is 1.81. The van der Waals surface area contributed by atoms with Crippen molar-refractivity contribution < 1.29 is 19.8 Å². The number of amides is 2.